The van der Waals surface area contributed by atoms with Crippen LogP contribution in [0.2, 0.25) is 0 Å². The molecule has 32 heavy (non-hydrogen) atoms. The van der Waals surface area contributed by atoms with Gasteiger partial charge in [-0.05, 0) is 72.7 Å². The fraction of sp³-hybridized carbons (Fsp3) is 0.304. The number of nitrogens with zero attached hydrogens (tertiary/aromatic N) is 2. The zero-order chi connectivity index (χ0) is 23.2. The number of carbonyl (C=O) groups excluding carboxylic acids is 2. The second-order valence-corrected chi connectivity index (χ2v) is 8.46. The summed E-state index contributed by atoms with van der Waals surface area (Å²) in [7, 11) is 1.58. The minimum absolute atomic E-state index is 0.258. The van der Waals surface area contributed by atoms with Gasteiger partial charge in [-0.15, -0.1) is 0 Å². The number of fused-ring (bicyclic) bond motifs is 2. The highest BCUT2D eigenvalue weighted by atomic mass is 16.2. The van der Waals surface area contributed by atoms with E-state index in [1.165, 1.54) is 4.68 Å². The molecule has 9 heteroatoms. The van der Waals surface area contributed by atoms with E-state index in [9.17, 15) is 14.4 Å². The number of aromatic amines is 1. The van der Waals surface area contributed by atoms with Gasteiger partial charge in [-0.3, -0.25) is 14.6 Å². The van der Waals surface area contributed by atoms with Crippen LogP contribution < -0.4 is 22.9 Å². The number of aromatic nitrogens is 3. The number of rotatable bonds is 5. The lowest BCUT2D eigenvalue weighted by Gasteiger charge is -2.36. The summed E-state index contributed by atoms with van der Waals surface area (Å²) in [6.45, 7) is 1.89. The minimum Gasteiger partial charge on any atom is -0.366 e. The van der Waals surface area contributed by atoms with E-state index < -0.39 is 17.2 Å². The molecule has 0 saturated heterocycles. The van der Waals surface area contributed by atoms with E-state index in [0.29, 0.717) is 36.2 Å². The SMILES string of the molecule is C[C@H](N)CC1(c2nn(C)c(=O)[nH]2)c2ccc(C(N)=O)cc2CCc2cc(C(N)=O)ccc21. The smallest absolute Gasteiger partial charge is 0.343 e. The van der Waals surface area contributed by atoms with Gasteiger partial charge in [-0.2, -0.15) is 5.10 Å². The van der Waals surface area contributed by atoms with Gasteiger partial charge in [0.05, 0.1) is 5.41 Å². The lowest BCUT2D eigenvalue weighted by atomic mass is 9.68. The van der Waals surface area contributed by atoms with E-state index in [1.807, 2.05) is 19.1 Å². The molecule has 0 unspecified atom stereocenters. The maximum atomic E-state index is 12.4. The normalized spacial score (nSPS) is 15.3. The summed E-state index contributed by atoms with van der Waals surface area (Å²) in [5.41, 5.74) is 20.5. The van der Waals surface area contributed by atoms with Gasteiger partial charge in [-0.25, -0.2) is 9.48 Å². The lowest BCUT2D eigenvalue weighted by molar-refractivity contribution is 0.0991. The van der Waals surface area contributed by atoms with Gasteiger partial charge in [0.15, 0.2) is 0 Å². The summed E-state index contributed by atoms with van der Waals surface area (Å²) in [5, 5.41) is 4.52. The first kappa shape index (κ1) is 21.5. The van der Waals surface area contributed by atoms with Crippen molar-refractivity contribution in [2.24, 2.45) is 24.2 Å². The molecule has 1 aliphatic carbocycles. The molecule has 0 saturated carbocycles. The van der Waals surface area contributed by atoms with Gasteiger partial charge in [0.2, 0.25) is 11.8 Å². The molecule has 4 rings (SSSR count). The third-order valence-electron chi connectivity index (χ3n) is 6.16. The summed E-state index contributed by atoms with van der Waals surface area (Å²) in [5.74, 6) is -0.588. The summed E-state index contributed by atoms with van der Waals surface area (Å²) in [4.78, 5) is 39.0. The highest BCUT2D eigenvalue weighted by molar-refractivity contribution is 5.94. The molecule has 2 aromatic carbocycles. The first-order chi connectivity index (χ1) is 15.1. The Bertz CT molecular complexity index is 1220. The molecular formula is C23H26N6O3. The zero-order valence-corrected chi connectivity index (χ0v) is 18.0. The molecule has 1 heterocycles. The van der Waals surface area contributed by atoms with E-state index in [1.54, 1.807) is 31.3 Å². The van der Waals surface area contributed by atoms with Crippen LogP contribution in [0.4, 0.5) is 0 Å². The Morgan fingerprint density at radius 3 is 1.94 bits per heavy atom. The highest BCUT2D eigenvalue weighted by Crippen LogP contribution is 2.46. The summed E-state index contributed by atoms with van der Waals surface area (Å²) in [6.07, 6.45) is 1.64. The van der Waals surface area contributed by atoms with Crippen molar-refractivity contribution in [3.05, 3.63) is 86.1 Å². The van der Waals surface area contributed by atoms with E-state index >= 15 is 0 Å². The molecule has 9 nitrogen and oxygen atoms in total. The number of aryl methyl sites for hydroxylation is 3. The topological polar surface area (TPSA) is 163 Å². The van der Waals surface area contributed by atoms with Crippen molar-refractivity contribution in [2.75, 3.05) is 0 Å². The molecule has 7 N–H and O–H groups in total. The van der Waals surface area contributed by atoms with Crippen LogP contribution in [0.3, 0.4) is 0 Å². The molecule has 1 atom stereocenters. The second kappa shape index (κ2) is 7.76. The molecule has 0 fully saturated rings. The monoisotopic (exact) mass is 434 g/mol. The molecule has 2 amide bonds. The van der Waals surface area contributed by atoms with Gasteiger partial charge < -0.3 is 17.2 Å². The maximum absolute atomic E-state index is 12.4. The summed E-state index contributed by atoms with van der Waals surface area (Å²) in [6, 6.07) is 10.4. The first-order valence-corrected chi connectivity index (χ1v) is 10.4. The highest BCUT2D eigenvalue weighted by Gasteiger charge is 2.44. The first-order valence-electron chi connectivity index (χ1n) is 10.4. The van der Waals surface area contributed by atoms with Crippen molar-refractivity contribution >= 4 is 11.8 Å². The lowest BCUT2D eigenvalue weighted by Crippen LogP contribution is -2.38. The number of primary amides is 2. The zero-order valence-electron chi connectivity index (χ0n) is 18.0. The van der Waals surface area contributed by atoms with Crippen molar-refractivity contribution in [1.29, 1.82) is 0 Å². The molecular weight excluding hydrogens is 408 g/mol. The third-order valence-corrected chi connectivity index (χ3v) is 6.16. The van der Waals surface area contributed by atoms with Crippen molar-refractivity contribution < 1.29 is 9.59 Å². The van der Waals surface area contributed by atoms with Gasteiger partial charge in [0, 0.05) is 24.2 Å². The van der Waals surface area contributed by atoms with Crippen LogP contribution in [0.1, 0.15) is 62.1 Å². The molecule has 0 bridgehead atoms. The number of carbonyl (C=O) groups is 2. The van der Waals surface area contributed by atoms with Gasteiger partial charge in [-0.1, -0.05) is 12.1 Å². The minimum atomic E-state index is -0.901. The van der Waals surface area contributed by atoms with Crippen molar-refractivity contribution in [1.82, 2.24) is 14.8 Å². The van der Waals surface area contributed by atoms with Gasteiger partial charge >= 0.3 is 5.69 Å². The Hall–Kier alpha value is -3.72. The third kappa shape index (κ3) is 3.40. The molecule has 3 aromatic rings. The number of hydrogen-bond acceptors (Lipinski definition) is 5. The fourth-order valence-corrected chi connectivity index (χ4v) is 4.80. The molecule has 0 radical (unpaired) electrons. The van der Waals surface area contributed by atoms with E-state index in [-0.39, 0.29) is 11.7 Å². The number of nitrogens with two attached hydrogens (primary N) is 3. The van der Waals surface area contributed by atoms with Crippen LogP contribution in [0, 0.1) is 0 Å². The van der Waals surface area contributed by atoms with E-state index in [2.05, 4.69) is 10.1 Å². The van der Waals surface area contributed by atoms with E-state index in [0.717, 1.165) is 22.3 Å². The fourth-order valence-electron chi connectivity index (χ4n) is 4.80. The number of amides is 2. The number of benzene rings is 2. The standard InChI is InChI=1S/C23H26N6O3/c1-12(24)11-23(21-27-22(32)29(2)28-21)17-7-5-15(19(25)30)9-13(17)3-4-14-10-16(20(26)31)6-8-18(14)23/h5-10,12H,3-4,11,24H2,1-2H3,(H2,25,30)(H2,26,31)(H,27,28,32)/t12-/m0/s1. The Labute approximate surface area is 184 Å². The van der Waals surface area contributed by atoms with Crippen LogP contribution in [0.15, 0.2) is 41.2 Å². The largest absolute Gasteiger partial charge is 0.366 e. The van der Waals surface area contributed by atoms with Crippen molar-refractivity contribution in [2.45, 2.75) is 37.6 Å². The van der Waals surface area contributed by atoms with Crippen LogP contribution in [0.25, 0.3) is 0 Å². The van der Waals surface area contributed by atoms with Crippen molar-refractivity contribution in [3.63, 3.8) is 0 Å². The Kier molecular flexibility index (Phi) is 5.21. The number of hydrogen-bond donors (Lipinski definition) is 4. The Morgan fingerprint density at radius 2 is 1.56 bits per heavy atom. The second-order valence-electron chi connectivity index (χ2n) is 8.46. The van der Waals surface area contributed by atoms with E-state index in [4.69, 9.17) is 17.2 Å². The molecule has 1 aliphatic rings. The Morgan fingerprint density at radius 1 is 1.06 bits per heavy atom. The van der Waals surface area contributed by atoms with Crippen LogP contribution in [0.5, 0.6) is 0 Å². The predicted octanol–water partition coefficient (Wildman–Crippen LogP) is 0.477. The quantitative estimate of drug-likeness (QED) is 0.458. The summed E-state index contributed by atoms with van der Waals surface area (Å²) < 4.78 is 1.25. The molecule has 0 spiro atoms. The van der Waals surface area contributed by atoms with Gasteiger partial charge in [0.1, 0.15) is 5.82 Å². The predicted molar refractivity (Wildman–Crippen MR) is 119 cm³/mol. The average Bonchev–Trinajstić information content (AvgIpc) is 3.01. The average molecular weight is 435 g/mol. The molecule has 0 aliphatic heterocycles. The Balaban J connectivity index is 2.12. The maximum Gasteiger partial charge on any atom is 0.343 e. The molecule has 166 valence electrons. The number of nitrogens with one attached hydrogen (secondary N) is 1. The number of H-pyrrole nitrogens is 1. The summed E-state index contributed by atoms with van der Waals surface area (Å²) >= 11 is 0. The van der Waals surface area contributed by atoms with Crippen LogP contribution in [-0.2, 0) is 25.3 Å². The molecule has 1 aromatic heterocycles. The van der Waals surface area contributed by atoms with Gasteiger partial charge in [0.25, 0.3) is 0 Å². The van der Waals surface area contributed by atoms with Crippen molar-refractivity contribution in [3.8, 4) is 0 Å². The van der Waals surface area contributed by atoms with Crippen LogP contribution >= 0.6 is 0 Å². The van der Waals surface area contributed by atoms with Crippen LogP contribution in [-0.4, -0.2) is 32.6 Å².